The van der Waals surface area contributed by atoms with Gasteiger partial charge in [-0.15, -0.1) is 0 Å². The molecule has 3 nitrogen and oxygen atoms in total. The van der Waals surface area contributed by atoms with Gasteiger partial charge in [-0.05, 0) is 26.2 Å². The summed E-state index contributed by atoms with van der Waals surface area (Å²) in [7, 11) is 0. The molecule has 0 N–H and O–H groups in total. The Labute approximate surface area is 90.5 Å². The third-order valence-corrected chi connectivity index (χ3v) is 3.16. The highest BCUT2D eigenvalue weighted by atomic mass is 16.1. The quantitative estimate of drug-likeness (QED) is 0.668. The molecular weight excluding hydrogens is 190 g/mol. The van der Waals surface area contributed by atoms with Crippen LogP contribution < -0.4 is 0 Å². The van der Waals surface area contributed by atoms with Crippen molar-refractivity contribution in [3.63, 3.8) is 0 Å². The van der Waals surface area contributed by atoms with Crippen molar-refractivity contribution in [2.75, 3.05) is 0 Å². The van der Waals surface area contributed by atoms with Gasteiger partial charge in [0.25, 0.3) is 0 Å². The summed E-state index contributed by atoms with van der Waals surface area (Å²) in [4.78, 5) is 22.8. The minimum Gasteiger partial charge on any atom is -0.300 e. The van der Waals surface area contributed by atoms with Gasteiger partial charge in [-0.1, -0.05) is 12.8 Å². The molecule has 1 unspecified atom stereocenters. The molecule has 0 amide bonds. The Morgan fingerprint density at radius 1 is 1.47 bits per heavy atom. The van der Waals surface area contributed by atoms with Crippen LogP contribution in [0.25, 0.3) is 0 Å². The first kappa shape index (κ1) is 11.9. The standard InChI is InChI=1S/C12H17NO2/c1-10(14)6-8-12(9-13)7-4-2-3-5-11(12)15/h2-8H2,1H3. The molecule has 82 valence electrons. The molecule has 0 spiro atoms. The maximum Gasteiger partial charge on any atom is 0.153 e. The fraction of sp³-hybridized carbons (Fsp3) is 0.750. The Hall–Kier alpha value is -1.17. The summed E-state index contributed by atoms with van der Waals surface area (Å²) >= 11 is 0. The summed E-state index contributed by atoms with van der Waals surface area (Å²) in [5.74, 6) is 0.102. The van der Waals surface area contributed by atoms with Crippen molar-refractivity contribution in [3.8, 4) is 6.07 Å². The first-order valence-electron chi connectivity index (χ1n) is 5.55. The SMILES string of the molecule is CC(=O)CCC1(C#N)CCCCCC1=O. The highest BCUT2D eigenvalue weighted by molar-refractivity contribution is 5.88. The highest BCUT2D eigenvalue weighted by Gasteiger charge is 2.38. The third kappa shape index (κ3) is 2.89. The first-order chi connectivity index (χ1) is 7.10. The fourth-order valence-electron chi connectivity index (χ4n) is 2.10. The minimum absolute atomic E-state index is 0.0451. The lowest BCUT2D eigenvalue weighted by Gasteiger charge is -2.22. The zero-order valence-electron chi connectivity index (χ0n) is 9.21. The smallest absolute Gasteiger partial charge is 0.153 e. The van der Waals surface area contributed by atoms with E-state index in [1.165, 1.54) is 6.92 Å². The molecule has 0 saturated heterocycles. The number of ketones is 2. The van der Waals surface area contributed by atoms with E-state index in [-0.39, 0.29) is 11.6 Å². The van der Waals surface area contributed by atoms with Gasteiger partial charge in [-0.25, -0.2) is 0 Å². The Bertz CT molecular complexity index is 303. The van der Waals surface area contributed by atoms with Crippen LogP contribution in [-0.4, -0.2) is 11.6 Å². The van der Waals surface area contributed by atoms with Gasteiger partial charge in [-0.2, -0.15) is 5.26 Å². The zero-order chi connectivity index (χ0) is 11.3. The molecule has 0 aromatic rings. The average Bonchev–Trinajstić information content (AvgIpc) is 2.38. The largest absolute Gasteiger partial charge is 0.300 e. The van der Waals surface area contributed by atoms with E-state index in [4.69, 9.17) is 5.26 Å². The number of nitrogens with zero attached hydrogens (tertiary/aromatic N) is 1. The fourth-order valence-corrected chi connectivity index (χ4v) is 2.10. The van der Waals surface area contributed by atoms with Crippen LogP contribution in [0.1, 0.15) is 51.9 Å². The second-order valence-corrected chi connectivity index (χ2v) is 4.38. The molecular formula is C12H17NO2. The van der Waals surface area contributed by atoms with Gasteiger partial charge in [0.05, 0.1) is 6.07 Å². The molecule has 0 bridgehead atoms. The maximum atomic E-state index is 11.8. The van der Waals surface area contributed by atoms with E-state index in [1.807, 2.05) is 0 Å². The van der Waals surface area contributed by atoms with Crippen LogP contribution in [0.15, 0.2) is 0 Å². The molecule has 1 aliphatic carbocycles. The summed E-state index contributed by atoms with van der Waals surface area (Å²) in [6.07, 6.45) is 4.74. The summed E-state index contributed by atoms with van der Waals surface area (Å²) in [5, 5.41) is 9.17. The number of carbonyl (C=O) groups is 2. The molecule has 15 heavy (non-hydrogen) atoms. The maximum absolute atomic E-state index is 11.8. The summed E-state index contributed by atoms with van der Waals surface area (Å²) in [6, 6.07) is 2.16. The second-order valence-electron chi connectivity index (χ2n) is 4.38. The van der Waals surface area contributed by atoms with Gasteiger partial charge >= 0.3 is 0 Å². The number of rotatable bonds is 3. The van der Waals surface area contributed by atoms with Crippen LogP contribution in [0.5, 0.6) is 0 Å². The lowest BCUT2D eigenvalue weighted by molar-refractivity contribution is -0.126. The number of Topliss-reactive ketones (excluding diaryl/α,β-unsaturated/α-hetero) is 2. The Morgan fingerprint density at radius 2 is 2.20 bits per heavy atom. The van der Waals surface area contributed by atoms with Crippen molar-refractivity contribution in [1.29, 1.82) is 5.26 Å². The highest BCUT2D eigenvalue weighted by Crippen LogP contribution is 2.35. The van der Waals surface area contributed by atoms with E-state index in [0.29, 0.717) is 25.7 Å². The topological polar surface area (TPSA) is 57.9 Å². The predicted molar refractivity (Wildman–Crippen MR) is 56.1 cm³/mol. The van der Waals surface area contributed by atoms with Crippen LogP contribution in [-0.2, 0) is 9.59 Å². The van der Waals surface area contributed by atoms with Crippen molar-refractivity contribution in [2.45, 2.75) is 51.9 Å². The molecule has 1 aliphatic rings. The number of carbonyl (C=O) groups excluding carboxylic acids is 2. The third-order valence-electron chi connectivity index (χ3n) is 3.16. The van der Waals surface area contributed by atoms with Crippen LogP contribution in [0, 0.1) is 16.7 Å². The molecule has 1 rings (SSSR count). The summed E-state index contributed by atoms with van der Waals surface area (Å²) < 4.78 is 0. The van der Waals surface area contributed by atoms with Crippen molar-refractivity contribution in [1.82, 2.24) is 0 Å². The number of hydrogen-bond donors (Lipinski definition) is 0. The van der Waals surface area contributed by atoms with Crippen molar-refractivity contribution < 1.29 is 9.59 Å². The molecule has 1 saturated carbocycles. The van der Waals surface area contributed by atoms with Gasteiger partial charge in [0, 0.05) is 12.8 Å². The average molecular weight is 207 g/mol. The van der Waals surface area contributed by atoms with E-state index in [1.54, 1.807) is 0 Å². The molecule has 1 atom stereocenters. The molecule has 0 aromatic carbocycles. The van der Waals surface area contributed by atoms with Crippen molar-refractivity contribution in [3.05, 3.63) is 0 Å². The lowest BCUT2D eigenvalue weighted by atomic mass is 9.76. The number of nitriles is 1. The minimum atomic E-state index is -0.859. The lowest BCUT2D eigenvalue weighted by Crippen LogP contribution is -2.29. The van der Waals surface area contributed by atoms with Gasteiger partial charge in [0.15, 0.2) is 5.78 Å². The molecule has 0 radical (unpaired) electrons. The van der Waals surface area contributed by atoms with Crippen LogP contribution in [0.2, 0.25) is 0 Å². The summed E-state index contributed by atoms with van der Waals surface area (Å²) in [5.41, 5.74) is -0.859. The molecule has 3 heteroatoms. The second kappa shape index (κ2) is 5.06. The van der Waals surface area contributed by atoms with E-state index in [9.17, 15) is 9.59 Å². The van der Waals surface area contributed by atoms with Gasteiger partial charge in [0.2, 0.25) is 0 Å². The van der Waals surface area contributed by atoms with Crippen molar-refractivity contribution in [2.24, 2.45) is 5.41 Å². The van der Waals surface area contributed by atoms with E-state index in [2.05, 4.69) is 6.07 Å². The van der Waals surface area contributed by atoms with Gasteiger partial charge in [0.1, 0.15) is 11.2 Å². The Kier molecular flexibility index (Phi) is 4.02. The van der Waals surface area contributed by atoms with Crippen LogP contribution in [0.4, 0.5) is 0 Å². The zero-order valence-corrected chi connectivity index (χ0v) is 9.21. The monoisotopic (exact) mass is 207 g/mol. The molecule has 0 aromatic heterocycles. The molecule has 0 heterocycles. The Morgan fingerprint density at radius 3 is 2.80 bits per heavy atom. The van der Waals surface area contributed by atoms with Crippen molar-refractivity contribution >= 4 is 11.6 Å². The molecule has 0 aliphatic heterocycles. The van der Waals surface area contributed by atoms with Crippen LogP contribution >= 0.6 is 0 Å². The van der Waals surface area contributed by atoms with E-state index >= 15 is 0 Å². The molecule has 1 fully saturated rings. The van der Waals surface area contributed by atoms with Gasteiger partial charge < -0.3 is 4.79 Å². The van der Waals surface area contributed by atoms with Gasteiger partial charge in [-0.3, -0.25) is 4.79 Å². The van der Waals surface area contributed by atoms with E-state index in [0.717, 1.165) is 19.3 Å². The van der Waals surface area contributed by atoms with Crippen LogP contribution in [0.3, 0.4) is 0 Å². The first-order valence-corrected chi connectivity index (χ1v) is 5.55. The summed E-state index contributed by atoms with van der Waals surface area (Å²) in [6.45, 7) is 1.51. The number of hydrogen-bond acceptors (Lipinski definition) is 3. The Balaban J connectivity index is 2.75. The predicted octanol–water partition coefficient (Wildman–Crippen LogP) is 2.40. The normalized spacial score (nSPS) is 26.8. The van der Waals surface area contributed by atoms with E-state index < -0.39 is 5.41 Å².